The predicted octanol–water partition coefficient (Wildman–Crippen LogP) is 1.09. The van der Waals surface area contributed by atoms with Gasteiger partial charge in [0.15, 0.2) is 0 Å². The number of hydrogen-bond acceptors (Lipinski definition) is 3. The van der Waals surface area contributed by atoms with Crippen LogP contribution >= 0.6 is 12.6 Å². The zero-order chi connectivity index (χ0) is 8.60. The van der Waals surface area contributed by atoms with Crippen molar-refractivity contribution in [2.24, 2.45) is 0 Å². The van der Waals surface area contributed by atoms with E-state index < -0.39 is 0 Å². The van der Waals surface area contributed by atoms with E-state index >= 15 is 0 Å². The maximum atomic E-state index is 4.47. The van der Waals surface area contributed by atoms with Gasteiger partial charge in [-0.15, -0.1) is 0 Å². The fourth-order valence-corrected chi connectivity index (χ4v) is 2.64. The molecule has 2 atom stereocenters. The summed E-state index contributed by atoms with van der Waals surface area (Å²) in [5.74, 6) is 0. The molecule has 0 aromatic rings. The fraction of sp³-hybridized carbons (Fsp3) is 1.00. The summed E-state index contributed by atoms with van der Waals surface area (Å²) in [5.41, 5.74) is 0.469. The molecule has 2 aliphatic heterocycles. The van der Waals surface area contributed by atoms with Crippen LogP contribution in [-0.4, -0.2) is 35.4 Å². The molecular weight excluding hydrogens is 168 g/mol. The van der Waals surface area contributed by atoms with Crippen molar-refractivity contribution in [3.63, 3.8) is 0 Å². The van der Waals surface area contributed by atoms with Crippen LogP contribution < -0.4 is 5.32 Å². The Kier molecular flexibility index (Phi) is 2.36. The van der Waals surface area contributed by atoms with Crippen molar-refractivity contribution in [3.8, 4) is 0 Å². The SMILES string of the molecule is CC(S)N1CCC2(CCCN2)C1. The smallest absolute Gasteiger partial charge is 0.0500 e. The predicted molar refractivity (Wildman–Crippen MR) is 54.6 cm³/mol. The quantitative estimate of drug-likeness (QED) is 0.596. The van der Waals surface area contributed by atoms with E-state index in [4.69, 9.17) is 0 Å². The average molecular weight is 186 g/mol. The van der Waals surface area contributed by atoms with Crippen LogP contribution in [0.2, 0.25) is 0 Å². The monoisotopic (exact) mass is 186 g/mol. The molecule has 2 unspecified atom stereocenters. The van der Waals surface area contributed by atoms with E-state index in [0.717, 1.165) is 0 Å². The highest BCUT2D eigenvalue weighted by Crippen LogP contribution is 2.31. The number of hydrogen-bond donors (Lipinski definition) is 2. The first-order chi connectivity index (χ1) is 5.72. The van der Waals surface area contributed by atoms with Gasteiger partial charge in [0.2, 0.25) is 0 Å². The van der Waals surface area contributed by atoms with Crippen molar-refractivity contribution in [3.05, 3.63) is 0 Å². The highest BCUT2D eigenvalue weighted by molar-refractivity contribution is 7.80. The first-order valence-corrected chi connectivity index (χ1v) is 5.41. The molecule has 70 valence electrons. The highest BCUT2D eigenvalue weighted by atomic mass is 32.1. The molecule has 1 spiro atoms. The van der Waals surface area contributed by atoms with Crippen LogP contribution in [0.3, 0.4) is 0 Å². The molecule has 0 radical (unpaired) electrons. The lowest BCUT2D eigenvalue weighted by Crippen LogP contribution is -2.43. The summed E-state index contributed by atoms with van der Waals surface area (Å²) < 4.78 is 0. The minimum Gasteiger partial charge on any atom is -0.310 e. The molecule has 2 fully saturated rings. The molecule has 0 aromatic carbocycles. The summed E-state index contributed by atoms with van der Waals surface area (Å²) in [5, 5.41) is 4.06. The normalized spacial score (nSPS) is 39.5. The maximum absolute atomic E-state index is 4.47. The average Bonchev–Trinajstić information content (AvgIpc) is 2.62. The van der Waals surface area contributed by atoms with E-state index in [2.05, 4.69) is 29.8 Å². The summed E-state index contributed by atoms with van der Waals surface area (Å²) >= 11 is 4.47. The second-order valence-electron chi connectivity index (χ2n) is 4.16. The number of rotatable bonds is 1. The number of thiol groups is 1. The Morgan fingerprint density at radius 2 is 2.33 bits per heavy atom. The van der Waals surface area contributed by atoms with Crippen LogP contribution in [0.25, 0.3) is 0 Å². The number of nitrogens with zero attached hydrogens (tertiary/aromatic N) is 1. The zero-order valence-corrected chi connectivity index (χ0v) is 8.61. The Bertz CT molecular complexity index is 164. The molecular formula is C9H18N2S. The van der Waals surface area contributed by atoms with Crippen LogP contribution in [0, 0.1) is 0 Å². The molecule has 0 saturated carbocycles. The molecule has 2 saturated heterocycles. The second kappa shape index (κ2) is 3.20. The highest BCUT2D eigenvalue weighted by Gasteiger charge is 2.40. The summed E-state index contributed by atoms with van der Waals surface area (Å²) in [4.78, 5) is 2.46. The lowest BCUT2D eigenvalue weighted by atomic mass is 9.97. The molecule has 2 aliphatic rings. The standard InChI is InChI=1S/C9H18N2S/c1-8(12)11-6-4-9(7-11)3-2-5-10-9/h8,10,12H,2-7H2,1H3. The Labute approximate surface area is 80.1 Å². The summed E-state index contributed by atoms with van der Waals surface area (Å²) in [6, 6.07) is 0. The van der Waals surface area contributed by atoms with Crippen LogP contribution in [0.15, 0.2) is 0 Å². The van der Waals surface area contributed by atoms with Gasteiger partial charge in [-0.2, -0.15) is 12.6 Å². The van der Waals surface area contributed by atoms with Crippen molar-refractivity contribution in [2.45, 2.75) is 37.1 Å². The molecule has 0 aliphatic carbocycles. The van der Waals surface area contributed by atoms with Crippen LogP contribution in [0.4, 0.5) is 0 Å². The van der Waals surface area contributed by atoms with Gasteiger partial charge in [0.25, 0.3) is 0 Å². The summed E-state index contributed by atoms with van der Waals surface area (Å²) in [6.07, 6.45) is 4.04. The van der Waals surface area contributed by atoms with Gasteiger partial charge in [-0.25, -0.2) is 0 Å². The summed E-state index contributed by atoms with van der Waals surface area (Å²) in [6.45, 7) is 5.81. The molecule has 2 heterocycles. The largest absolute Gasteiger partial charge is 0.310 e. The lowest BCUT2D eigenvalue weighted by molar-refractivity contribution is 0.293. The van der Waals surface area contributed by atoms with E-state index in [1.54, 1.807) is 0 Å². The molecule has 3 heteroatoms. The maximum Gasteiger partial charge on any atom is 0.0500 e. The van der Waals surface area contributed by atoms with E-state index in [-0.39, 0.29) is 0 Å². The molecule has 2 nitrogen and oxygen atoms in total. The van der Waals surface area contributed by atoms with Crippen molar-refractivity contribution >= 4 is 12.6 Å². The topological polar surface area (TPSA) is 15.3 Å². The van der Waals surface area contributed by atoms with Crippen molar-refractivity contribution < 1.29 is 0 Å². The molecule has 0 amide bonds. The fourth-order valence-electron chi connectivity index (χ4n) is 2.44. The Hall–Kier alpha value is 0.270. The molecule has 0 aromatic heterocycles. The van der Waals surface area contributed by atoms with E-state index in [0.29, 0.717) is 10.9 Å². The second-order valence-corrected chi connectivity index (χ2v) is 4.91. The Morgan fingerprint density at radius 1 is 1.50 bits per heavy atom. The molecule has 12 heavy (non-hydrogen) atoms. The van der Waals surface area contributed by atoms with Crippen molar-refractivity contribution in [2.75, 3.05) is 19.6 Å². The first kappa shape index (κ1) is 8.85. The van der Waals surface area contributed by atoms with Gasteiger partial charge in [0, 0.05) is 24.0 Å². The minimum absolute atomic E-state index is 0.423. The Morgan fingerprint density at radius 3 is 2.83 bits per heavy atom. The van der Waals surface area contributed by atoms with Gasteiger partial charge in [-0.3, -0.25) is 4.90 Å². The number of nitrogens with one attached hydrogen (secondary N) is 1. The van der Waals surface area contributed by atoms with Gasteiger partial charge >= 0.3 is 0 Å². The lowest BCUT2D eigenvalue weighted by Gasteiger charge is -2.25. The molecule has 2 rings (SSSR count). The van der Waals surface area contributed by atoms with Gasteiger partial charge in [-0.1, -0.05) is 0 Å². The van der Waals surface area contributed by atoms with Crippen LogP contribution in [0.1, 0.15) is 26.2 Å². The van der Waals surface area contributed by atoms with Crippen LogP contribution in [0.5, 0.6) is 0 Å². The van der Waals surface area contributed by atoms with Gasteiger partial charge in [-0.05, 0) is 32.7 Å². The third-order valence-corrected chi connectivity index (χ3v) is 3.57. The number of likely N-dealkylation sites (tertiary alicyclic amines) is 1. The minimum atomic E-state index is 0.423. The van der Waals surface area contributed by atoms with E-state index in [9.17, 15) is 0 Å². The molecule has 0 bridgehead atoms. The third-order valence-electron chi connectivity index (χ3n) is 3.24. The van der Waals surface area contributed by atoms with E-state index in [1.165, 1.54) is 38.9 Å². The van der Waals surface area contributed by atoms with Crippen LogP contribution in [-0.2, 0) is 0 Å². The molecule has 1 N–H and O–H groups in total. The van der Waals surface area contributed by atoms with Crippen molar-refractivity contribution in [1.82, 2.24) is 10.2 Å². The van der Waals surface area contributed by atoms with Gasteiger partial charge in [0.1, 0.15) is 0 Å². The van der Waals surface area contributed by atoms with Crippen molar-refractivity contribution in [1.29, 1.82) is 0 Å². The summed E-state index contributed by atoms with van der Waals surface area (Å²) in [7, 11) is 0. The van der Waals surface area contributed by atoms with Gasteiger partial charge < -0.3 is 5.32 Å². The Balaban J connectivity index is 1.96. The van der Waals surface area contributed by atoms with Gasteiger partial charge in [0.05, 0.1) is 0 Å². The van der Waals surface area contributed by atoms with E-state index in [1.807, 2.05) is 0 Å². The zero-order valence-electron chi connectivity index (χ0n) is 7.71. The third kappa shape index (κ3) is 1.50. The first-order valence-electron chi connectivity index (χ1n) is 4.89.